The number of ether oxygens (including phenoxy) is 2. The second-order valence-corrected chi connectivity index (χ2v) is 7.66. The van der Waals surface area contributed by atoms with Crippen molar-refractivity contribution < 1.29 is 14.3 Å². The Bertz CT molecular complexity index is 291. The maximum Gasteiger partial charge on any atom is 0.306 e. The minimum absolute atomic E-state index is 0.0319. The Morgan fingerprint density at radius 1 is 0.654 bits per heavy atom. The third-order valence-corrected chi connectivity index (χ3v) is 5.02. The SMILES string of the molecule is CCCCCCCCC(CCCCCC)CC(=O)OCCOCCCC. The predicted octanol–water partition coefficient (Wildman–Crippen LogP) is 7.07. The summed E-state index contributed by atoms with van der Waals surface area (Å²) >= 11 is 0. The van der Waals surface area contributed by atoms with Gasteiger partial charge in [0.25, 0.3) is 0 Å². The molecule has 0 aromatic heterocycles. The molecular weight excluding hydrogens is 324 g/mol. The van der Waals surface area contributed by atoms with Gasteiger partial charge in [0.1, 0.15) is 6.61 Å². The number of hydrogen-bond acceptors (Lipinski definition) is 3. The highest BCUT2D eigenvalue weighted by Crippen LogP contribution is 2.22. The molecule has 0 aromatic rings. The molecule has 0 rings (SSSR count). The summed E-state index contributed by atoms with van der Waals surface area (Å²) in [6.45, 7) is 8.35. The van der Waals surface area contributed by atoms with Crippen molar-refractivity contribution in [3.8, 4) is 0 Å². The molecule has 0 spiro atoms. The molecule has 0 aliphatic carbocycles. The number of rotatable bonds is 20. The molecule has 0 saturated heterocycles. The highest BCUT2D eigenvalue weighted by molar-refractivity contribution is 5.69. The highest BCUT2D eigenvalue weighted by atomic mass is 16.6. The predicted molar refractivity (Wildman–Crippen MR) is 112 cm³/mol. The second-order valence-electron chi connectivity index (χ2n) is 7.66. The van der Waals surface area contributed by atoms with Crippen molar-refractivity contribution in [1.29, 1.82) is 0 Å². The van der Waals surface area contributed by atoms with Crippen LogP contribution in [0.25, 0.3) is 0 Å². The van der Waals surface area contributed by atoms with E-state index in [2.05, 4.69) is 20.8 Å². The standard InChI is InChI=1S/C23H46O3/c1-4-7-10-12-13-15-17-22(16-14-11-8-5-2)21-23(24)26-20-19-25-18-9-6-3/h22H,4-21H2,1-3H3. The van der Waals surface area contributed by atoms with Gasteiger partial charge in [0.05, 0.1) is 6.61 Å². The minimum Gasteiger partial charge on any atom is -0.463 e. The van der Waals surface area contributed by atoms with Crippen molar-refractivity contribution in [1.82, 2.24) is 0 Å². The summed E-state index contributed by atoms with van der Waals surface area (Å²) in [4.78, 5) is 12.1. The van der Waals surface area contributed by atoms with Gasteiger partial charge in [0, 0.05) is 13.0 Å². The zero-order valence-electron chi connectivity index (χ0n) is 18.0. The molecule has 0 fully saturated rings. The van der Waals surface area contributed by atoms with Gasteiger partial charge in [-0.3, -0.25) is 4.79 Å². The Kier molecular flexibility index (Phi) is 20.3. The van der Waals surface area contributed by atoms with Gasteiger partial charge in [-0.2, -0.15) is 0 Å². The number of carbonyl (C=O) groups excluding carboxylic acids is 1. The van der Waals surface area contributed by atoms with Gasteiger partial charge in [-0.1, -0.05) is 91.4 Å². The van der Waals surface area contributed by atoms with E-state index in [0.717, 1.165) is 19.4 Å². The van der Waals surface area contributed by atoms with Crippen molar-refractivity contribution in [2.75, 3.05) is 19.8 Å². The lowest BCUT2D eigenvalue weighted by Gasteiger charge is -2.16. The average molecular weight is 371 g/mol. The molecule has 3 heteroatoms. The van der Waals surface area contributed by atoms with Crippen LogP contribution in [0.1, 0.15) is 117 Å². The zero-order chi connectivity index (χ0) is 19.3. The summed E-state index contributed by atoms with van der Waals surface area (Å²) in [6, 6.07) is 0. The molecule has 0 aliphatic rings. The van der Waals surface area contributed by atoms with Crippen LogP contribution in [-0.2, 0) is 14.3 Å². The van der Waals surface area contributed by atoms with E-state index in [-0.39, 0.29) is 5.97 Å². The van der Waals surface area contributed by atoms with Gasteiger partial charge < -0.3 is 9.47 Å². The Labute approximate surface area is 163 Å². The fourth-order valence-corrected chi connectivity index (χ4v) is 3.28. The van der Waals surface area contributed by atoms with E-state index >= 15 is 0 Å². The van der Waals surface area contributed by atoms with E-state index in [1.165, 1.54) is 77.0 Å². The van der Waals surface area contributed by atoms with Crippen molar-refractivity contribution in [2.24, 2.45) is 5.92 Å². The fourth-order valence-electron chi connectivity index (χ4n) is 3.28. The number of carbonyl (C=O) groups is 1. The molecule has 0 saturated carbocycles. The Morgan fingerprint density at radius 3 is 1.81 bits per heavy atom. The van der Waals surface area contributed by atoms with Crippen LogP contribution in [0.5, 0.6) is 0 Å². The van der Waals surface area contributed by atoms with Gasteiger partial charge in [0.2, 0.25) is 0 Å². The first kappa shape index (κ1) is 25.4. The van der Waals surface area contributed by atoms with Crippen molar-refractivity contribution in [3.63, 3.8) is 0 Å². The van der Waals surface area contributed by atoms with Crippen LogP contribution in [-0.4, -0.2) is 25.8 Å². The lowest BCUT2D eigenvalue weighted by Crippen LogP contribution is -2.15. The van der Waals surface area contributed by atoms with Crippen molar-refractivity contribution >= 4 is 5.97 Å². The lowest BCUT2D eigenvalue weighted by atomic mass is 9.91. The Balaban J connectivity index is 3.93. The first-order valence-corrected chi connectivity index (χ1v) is 11.5. The van der Waals surface area contributed by atoms with E-state index in [1.54, 1.807) is 0 Å². The molecule has 1 atom stereocenters. The van der Waals surface area contributed by atoms with Crippen LogP contribution in [0.4, 0.5) is 0 Å². The van der Waals surface area contributed by atoms with E-state index in [0.29, 0.717) is 25.6 Å². The molecular formula is C23H46O3. The average Bonchev–Trinajstić information content (AvgIpc) is 2.64. The van der Waals surface area contributed by atoms with Crippen LogP contribution in [0, 0.1) is 5.92 Å². The normalized spacial score (nSPS) is 12.3. The summed E-state index contributed by atoms with van der Waals surface area (Å²) in [5.41, 5.74) is 0. The maximum atomic E-state index is 12.1. The summed E-state index contributed by atoms with van der Waals surface area (Å²) in [5, 5.41) is 0. The van der Waals surface area contributed by atoms with Crippen LogP contribution < -0.4 is 0 Å². The minimum atomic E-state index is -0.0319. The molecule has 1 unspecified atom stereocenters. The summed E-state index contributed by atoms with van der Waals surface area (Å²) in [7, 11) is 0. The third-order valence-electron chi connectivity index (χ3n) is 5.02. The molecule has 0 radical (unpaired) electrons. The molecule has 0 bridgehead atoms. The van der Waals surface area contributed by atoms with Crippen LogP contribution >= 0.6 is 0 Å². The summed E-state index contributed by atoms with van der Waals surface area (Å²) < 4.78 is 10.8. The largest absolute Gasteiger partial charge is 0.463 e. The summed E-state index contributed by atoms with van der Waals surface area (Å²) in [6.07, 6.45) is 18.2. The smallest absolute Gasteiger partial charge is 0.306 e. The zero-order valence-corrected chi connectivity index (χ0v) is 18.0. The van der Waals surface area contributed by atoms with E-state index in [1.807, 2.05) is 0 Å². The third kappa shape index (κ3) is 18.2. The number of unbranched alkanes of at least 4 members (excludes halogenated alkanes) is 9. The van der Waals surface area contributed by atoms with E-state index < -0.39 is 0 Å². The van der Waals surface area contributed by atoms with Crippen molar-refractivity contribution in [2.45, 2.75) is 117 Å². The Hall–Kier alpha value is -0.570. The van der Waals surface area contributed by atoms with Crippen molar-refractivity contribution in [3.05, 3.63) is 0 Å². The lowest BCUT2D eigenvalue weighted by molar-refractivity contribution is -0.146. The molecule has 0 aromatic carbocycles. The molecule has 156 valence electrons. The van der Waals surface area contributed by atoms with Gasteiger partial charge >= 0.3 is 5.97 Å². The van der Waals surface area contributed by atoms with Crippen LogP contribution in [0.3, 0.4) is 0 Å². The number of hydrogen-bond donors (Lipinski definition) is 0. The first-order chi connectivity index (χ1) is 12.7. The fraction of sp³-hybridized carbons (Fsp3) is 0.957. The molecule has 0 aliphatic heterocycles. The van der Waals surface area contributed by atoms with Crippen LogP contribution in [0.2, 0.25) is 0 Å². The molecule has 0 amide bonds. The highest BCUT2D eigenvalue weighted by Gasteiger charge is 2.14. The van der Waals surface area contributed by atoms with Gasteiger partial charge in [-0.15, -0.1) is 0 Å². The quantitative estimate of drug-likeness (QED) is 0.170. The molecule has 0 heterocycles. The number of esters is 1. The maximum absolute atomic E-state index is 12.1. The molecule has 0 N–H and O–H groups in total. The van der Waals surface area contributed by atoms with Gasteiger partial charge in [0.15, 0.2) is 0 Å². The first-order valence-electron chi connectivity index (χ1n) is 11.5. The van der Waals surface area contributed by atoms with Crippen LogP contribution in [0.15, 0.2) is 0 Å². The Morgan fingerprint density at radius 2 is 1.19 bits per heavy atom. The second kappa shape index (κ2) is 20.7. The molecule has 3 nitrogen and oxygen atoms in total. The monoisotopic (exact) mass is 370 g/mol. The van der Waals surface area contributed by atoms with Gasteiger partial charge in [-0.25, -0.2) is 0 Å². The van der Waals surface area contributed by atoms with E-state index in [9.17, 15) is 4.79 Å². The molecule has 26 heavy (non-hydrogen) atoms. The topological polar surface area (TPSA) is 35.5 Å². The van der Waals surface area contributed by atoms with E-state index in [4.69, 9.17) is 9.47 Å². The van der Waals surface area contributed by atoms with Gasteiger partial charge in [-0.05, 0) is 25.2 Å². The summed E-state index contributed by atoms with van der Waals surface area (Å²) in [5.74, 6) is 0.474.